The highest BCUT2D eigenvalue weighted by molar-refractivity contribution is 6.09. The van der Waals surface area contributed by atoms with Crippen LogP contribution in [0.15, 0.2) is 182 Å². The van der Waals surface area contributed by atoms with Crippen molar-refractivity contribution < 1.29 is 21.9 Å². The van der Waals surface area contributed by atoms with E-state index >= 15 is 0 Å². The van der Waals surface area contributed by atoms with E-state index in [0.717, 1.165) is 11.1 Å². The fraction of sp³-hybridized carbons (Fsp3) is 0.175. The lowest BCUT2D eigenvalue weighted by molar-refractivity contribution is 0.588. The lowest BCUT2D eigenvalue weighted by Crippen LogP contribution is -2.25. The summed E-state index contributed by atoms with van der Waals surface area (Å²) in [7, 11) is 0. The number of hydrogen-bond donors (Lipinski definition) is 0. The molecule has 0 atom stereocenters. The lowest BCUT2D eigenvalue weighted by Gasteiger charge is -2.28. The van der Waals surface area contributed by atoms with Crippen LogP contribution < -0.4 is 9.80 Å². The van der Waals surface area contributed by atoms with Gasteiger partial charge in [0.05, 0.1) is 47.3 Å². The minimum absolute atomic E-state index is 0.0374. The van der Waals surface area contributed by atoms with Gasteiger partial charge in [0.25, 0.3) is 0 Å². The van der Waals surface area contributed by atoms with E-state index in [1.165, 1.54) is 0 Å². The molecule has 0 fully saturated rings. The third-order valence-corrected chi connectivity index (χ3v) is 11.2. The second-order valence-corrected chi connectivity index (χ2v) is 17.3. The minimum Gasteiger partial charge on any atom is -0.321 e. The number of hydrogen-bond acceptors (Lipinski definition) is 3. The first-order chi connectivity index (χ1) is 36.1. The zero-order chi connectivity index (χ0) is 55.9. The van der Waals surface area contributed by atoms with E-state index in [0.29, 0.717) is 33.8 Å². The van der Waals surface area contributed by atoms with Crippen LogP contribution in [0.25, 0.3) is 49.9 Å². The van der Waals surface area contributed by atoms with Gasteiger partial charge in [-0.1, -0.05) is 169 Å². The van der Waals surface area contributed by atoms with Crippen molar-refractivity contribution in [2.24, 2.45) is 0 Å². The average molecular weight is 809 g/mol. The van der Waals surface area contributed by atoms with Crippen molar-refractivity contribution in [1.29, 1.82) is 0 Å². The summed E-state index contributed by atoms with van der Waals surface area (Å²) in [5, 5.41) is 0.762. The van der Waals surface area contributed by atoms with Crippen molar-refractivity contribution in [3.05, 3.63) is 204 Å². The molecule has 0 amide bonds. The van der Waals surface area contributed by atoms with E-state index in [2.05, 4.69) is 20.8 Å². The standard InChI is InChI=1S/C57H52N4/c1-56(2,3)43-30-31-58-54(37-43)61-50-25-14-13-22-48(50)49-29-28-39(35-53(49)61)32-40-33-44(57(4,5)6)36-45(34-40)59-38-60(52-27-16-15-26-51(52)59)55-46(41-18-9-7-10-19-41)23-17-24-47(55)42-20-11-8-12-21-42/h7-31,33-37H,32,38H2,1-6H3/i7D,8D,9D,10D,11D,12D,13D,14D,18D,19D,20D,21D,22D,25D,32D2. The van der Waals surface area contributed by atoms with Crippen LogP contribution in [-0.2, 0) is 17.2 Å². The third-order valence-electron chi connectivity index (χ3n) is 11.2. The number of benzene rings is 7. The Bertz CT molecular complexity index is 3840. The minimum atomic E-state index is -2.23. The van der Waals surface area contributed by atoms with Crippen molar-refractivity contribution in [2.75, 3.05) is 16.5 Å². The molecule has 0 bridgehead atoms. The summed E-state index contributed by atoms with van der Waals surface area (Å²) >= 11 is 0. The predicted molar refractivity (Wildman–Crippen MR) is 258 cm³/mol. The van der Waals surface area contributed by atoms with Gasteiger partial charge in [-0.2, -0.15) is 0 Å². The molecule has 0 saturated heterocycles. The average Bonchev–Trinajstić information content (AvgIpc) is 4.05. The van der Waals surface area contributed by atoms with Gasteiger partial charge in [-0.25, -0.2) is 4.98 Å². The molecule has 0 aliphatic carbocycles. The second-order valence-electron chi connectivity index (χ2n) is 17.3. The maximum atomic E-state index is 10.1. The monoisotopic (exact) mass is 809 g/mol. The second kappa shape index (κ2) is 15.0. The van der Waals surface area contributed by atoms with Gasteiger partial charge in [0.15, 0.2) is 0 Å². The summed E-state index contributed by atoms with van der Waals surface area (Å²) in [4.78, 5) is 8.49. The van der Waals surface area contributed by atoms with Crippen LogP contribution in [0.4, 0.5) is 22.7 Å². The fourth-order valence-corrected chi connectivity index (χ4v) is 8.11. The molecule has 7 aromatic carbocycles. The number of aromatic nitrogens is 2. The number of rotatable bonds is 7. The molecule has 0 saturated carbocycles. The smallest absolute Gasteiger partial charge is 0.137 e. The van der Waals surface area contributed by atoms with Crippen molar-refractivity contribution in [3.8, 4) is 28.1 Å². The van der Waals surface area contributed by atoms with E-state index in [-0.39, 0.29) is 74.1 Å². The highest BCUT2D eigenvalue weighted by atomic mass is 15.4. The van der Waals surface area contributed by atoms with Crippen LogP contribution in [0.3, 0.4) is 0 Å². The molecule has 0 unspecified atom stereocenters. The van der Waals surface area contributed by atoms with E-state index in [1.807, 2.05) is 73.0 Å². The molecule has 1 aliphatic rings. The van der Waals surface area contributed by atoms with Crippen LogP contribution in [0, 0.1) is 0 Å². The largest absolute Gasteiger partial charge is 0.321 e. The van der Waals surface area contributed by atoms with E-state index in [1.54, 1.807) is 59.3 Å². The first-order valence-electron chi connectivity index (χ1n) is 28.2. The number of fused-ring (bicyclic) bond motifs is 4. The van der Waals surface area contributed by atoms with Gasteiger partial charge < -0.3 is 9.80 Å². The summed E-state index contributed by atoms with van der Waals surface area (Å²) in [6.45, 7) is 12.2. The fourth-order valence-electron chi connectivity index (χ4n) is 8.11. The Hall–Kier alpha value is -6.91. The Balaban J connectivity index is 1.19. The van der Waals surface area contributed by atoms with Crippen LogP contribution in [0.1, 0.15) is 85.7 Å². The molecular weight excluding hydrogens is 741 g/mol. The molecular formula is C57H52N4. The van der Waals surface area contributed by atoms with Gasteiger partial charge in [0, 0.05) is 36.5 Å². The van der Waals surface area contributed by atoms with Gasteiger partial charge in [-0.3, -0.25) is 4.57 Å². The molecule has 0 spiro atoms. The molecule has 9 aromatic rings. The number of pyridine rings is 1. The van der Waals surface area contributed by atoms with Crippen LogP contribution >= 0.6 is 0 Å². The SMILES string of the molecule is [2H]c1c([2H])c([2H])c(-c2cccc(-c3c([2H])c([2H])c([2H])c([2H])c3[2H])c2N2CN(c3cc(C(C)(C)C)cc(C([2H])([2H])c4ccc5c6c([2H])c([2H])c([2H])c([2H])c6n(-c6cc(C(C)(C)C)ccn6)c5c4)c3)c3ccccc32)c([2H])c1[2H]. The zero-order valence-electron chi connectivity index (χ0n) is 50.7. The van der Waals surface area contributed by atoms with Gasteiger partial charge in [0.1, 0.15) is 12.5 Å². The molecule has 4 nitrogen and oxygen atoms in total. The topological polar surface area (TPSA) is 24.3 Å². The quantitative estimate of drug-likeness (QED) is 0.160. The molecule has 2 aromatic heterocycles. The Morgan fingerprint density at radius 1 is 0.557 bits per heavy atom. The molecule has 1 aliphatic heterocycles. The molecule has 4 heteroatoms. The van der Waals surface area contributed by atoms with Gasteiger partial charge in [-0.05, 0) is 99.1 Å². The highest BCUT2D eigenvalue weighted by Gasteiger charge is 2.32. The summed E-state index contributed by atoms with van der Waals surface area (Å²) in [5.41, 5.74) is 3.90. The van der Waals surface area contributed by atoms with Crippen molar-refractivity contribution in [1.82, 2.24) is 9.55 Å². The number of nitrogens with zero attached hydrogens (tertiary/aromatic N) is 4. The maximum absolute atomic E-state index is 10.1. The Labute approximate surface area is 382 Å². The van der Waals surface area contributed by atoms with Crippen LogP contribution in [-0.4, -0.2) is 16.2 Å². The molecule has 300 valence electrons. The lowest BCUT2D eigenvalue weighted by atomic mass is 9.85. The predicted octanol–water partition coefficient (Wildman–Crippen LogP) is 14.9. The molecule has 61 heavy (non-hydrogen) atoms. The normalized spacial score (nSPS) is 17.0. The number of anilines is 4. The van der Waals surface area contributed by atoms with Crippen molar-refractivity contribution in [2.45, 2.75) is 58.7 Å². The van der Waals surface area contributed by atoms with Crippen molar-refractivity contribution >= 4 is 44.6 Å². The summed E-state index contributed by atoms with van der Waals surface area (Å²) < 4.78 is 145. The van der Waals surface area contributed by atoms with Crippen LogP contribution in [0.2, 0.25) is 0 Å². The van der Waals surface area contributed by atoms with E-state index in [4.69, 9.17) is 24.2 Å². The molecule has 0 N–H and O–H groups in total. The van der Waals surface area contributed by atoms with E-state index < -0.39 is 84.3 Å². The van der Waals surface area contributed by atoms with Crippen molar-refractivity contribution in [3.63, 3.8) is 0 Å². The molecule has 0 radical (unpaired) electrons. The molecule has 3 heterocycles. The highest BCUT2D eigenvalue weighted by Crippen LogP contribution is 2.50. The zero-order valence-corrected chi connectivity index (χ0v) is 34.7. The Morgan fingerprint density at radius 2 is 1.20 bits per heavy atom. The first kappa shape index (κ1) is 24.4. The summed E-state index contributed by atoms with van der Waals surface area (Å²) in [6.07, 6.45) is -0.577. The Kier molecular flexibility index (Phi) is 5.98. The van der Waals surface area contributed by atoms with Gasteiger partial charge in [-0.15, -0.1) is 0 Å². The summed E-state index contributed by atoms with van der Waals surface area (Å²) in [5.74, 6) is 0.400. The van der Waals surface area contributed by atoms with Crippen LogP contribution in [0.5, 0.6) is 0 Å². The molecule has 10 rings (SSSR count). The van der Waals surface area contributed by atoms with Gasteiger partial charge in [0.2, 0.25) is 0 Å². The van der Waals surface area contributed by atoms with Gasteiger partial charge >= 0.3 is 0 Å². The summed E-state index contributed by atoms with van der Waals surface area (Å²) in [6, 6.07) is 19.6. The maximum Gasteiger partial charge on any atom is 0.137 e. The first-order valence-corrected chi connectivity index (χ1v) is 20.2. The third kappa shape index (κ3) is 7.06. The van der Waals surface area contributed by atoms with E-state index in [9.17, 15) is 2.74 Å². The number of para-hydroxylation sites is 4. The Morgan fingerprint density at radius 3 is 1.87 bits per heavy atom.